The topological polar surface area (TPSA) is 32.3 Å². The van der Waals surface area contributed by atoms with Crippen molar-refractivity contribution in [3.05, 3.63) is 0 Å². The highest BCUT2D eigenvalue weighted by atomic mass is 16.2. The molecule has 1 saturated heterocycles. The van der Waals surface area contributed by atoms with Crippen LogP contribution in [0.15, 0.2) is 0 Å². The molecule has 1 aliphatic heterocycles. The van der Waals surface area contributed by atoms with Crippen LogP contribution in [0.5, 0.6) is 0 Å². The molecule has 3 heteroatoms. The van der Waals surface area contributed by atoms with E-state index in [-0.39, 0.29) is 0 Å². The Hall–Kier alpha value is -0.570. The molecule has 110 valence electrons. The van der Waals surface area contributed by atoms with E-state index in [2.05, 4.69) is 24.1 Å². The zero-order valence-electron chi connectivity index (χ0n) is 12.7. The lowest BCUT2D eigenvalue weighted by Gasteiger charge is -2.35. The van der Waals surface area contributed by atoms with Crippen LogP contribution in [0.25, 0.3) is 0 Å². The maximum atomic E-state index is 12.8. The largest absolute Gasteiger partial charge is 0.338 e. The van der Waals surface area contributed by atoms with Gasteiger partial charge in [-0.2, -0.15) is 0 Å². The molecule has 0 aromatic carbocycles. The summed E-state index contributed by atoms with van der Waals surface area (Å²) in [5.74, 6) is 1.64. The Morgan fingerprint density at radius 3 is 2.42 bits per heavy atom. The highest BCUT2D eigenvalue weighted by Gasteiger charge is 2.32. The molecule has 0 bridgehead atoms. The van der Waals surface area contributed by atoms with E-state index < -0.39 is 0 Å². The third-order valence-corrected chi connectivity index (χ3v) is 5.00. The Bertz CT molecular complexity index is 278. The first-order valence-electron chi connectivity index (χ1n) is 8.27. The molecule has 2 aliphatic rings. The van der Waals surface area contributed by atoms with Crippen molar-refractivity contribution in [3.8, 4) is 0 Å². The second-order valence-corrected chi connectivity index (χ2v) is 6.30. The first-order chi connectivity index (χ1) is 9.26. The van der Waals surface area contributed by atoms with Crippen molar-refractivity contribution in [2.45, 2.75) is 64.8 Å². The number of nitrogens with zero attached hydrogens (tertiary/aromatic N) is 1. The van der Waals surface area contributed by atoms with E-state index in [0.717, 1.165) is 51.2 Å². The van der Waals surface area contributed by atoms with Crippen LogP contribution >= 0.6 is 0 Å². The van der Waals surface area contributed by atoms with E-state index in [1.165, 1.54) is 19.3 Å². The molecule has 1 N–H and O–H groups in total. The number of hydrogen-bond donors (Lipinski definition) is 1. The summed E-state index contributed by atoms with van der Waals surface area (Å²) in [6.07, 6.45) is 8.26. The Balaban J connectivity index is 1.91. The van der Waals surface area contributed by atoms with Crippen LogP contribution in [0, 0.1) is 11.8 Å². The number of nitrogens with one attached hydrogen (secondary N) is 1. The Morgan fingerprint density at radius 1 is 1.16 bits per heavy atom. The second kappa shape index (κ2) is 7.28. The standard InChI is InChI=1S/C16H30N2O/c1-3-11-18(15-9-10-17-12-15)16(19)14-7-5-13(4-2)6-8-14/h13-15,17H,3-12H2,1-2H3. The molecular weight excluding hydrogens is 236 g/mol. The Morgan fingerprint density at radius 2 is 1.89 bits per heavy atom. The number of hydrogen-bond acceptors (Lipinski definition) is 2. The molecule has 3 nitrogen and oxygen atoms in total. The molecule has 0 radical (unpaired) electrons. The van der Waals surface area contributed by atoms with Gasteiger partial charge in [0.05, 0.1) is 0 Å². The minimum absolute atomic E-state index is 0.315. The summed E-state index contributed by atoms with van der Waals surface area (Å²) >= 11 is 0. The van der Waals surface area contributed by atoms with Crippen LogP contribution in [-0.2, 0) is 4.79 Å². The van der Waals surface area contributed by atoms with Gasteiger partial charge in [0.15, 0.2) is 0 Å². The van der Waals surface area contributed by atoms with Crippen molar-refractivity contribution >= 4 is 5.91 Å². The summed E-state index contributed by atoms with van der Waals surface area (Å²) in [6, 6.07) is 0.455. The van der Waals surface area contributed by atoms with Crippen LogP contribution in [0.4, 0.5) is 0 Å². The van der Waals surface area contributed by atoms with E-state index in [4.69, 9.17) is 0 Å². The molecule has 0 spiro atoms. The first-order valence-corrected chi connectivity index (χ1v) is 8.27. The predicted octanol–water partition coefficient (Wildman–Crippen LogP) is 2.80. The van der Waals surface area contributed by atoms with E-state index in [0.29, 0.717) is 17.9 Å². The number of amides is 1. The minimum Gasteiger partial charge on any atom is -0.338 e. The van der Waals surface area contributed by atoms with Gasteiger partial charge in [-0.15, -0.1) is 0 Å². The van der Waals surface area contributed by atoms with Crippen molar-refractivity contribution in [1.82, 2.24) is 10.2 Å². The predicted molar refractivity (Wildman–Crippen MR) is 79.0 cm³/mol. The van der Waals surface area contributed by atoms with Gasteiger partial charge in [0, 0.05) is 25.0 Å². The van der Waals surface area contributed by atoms with Gasteiger partial charge < -0.3 is 10.2 Å². The average molecular weight is 266 g/mol. The lowest BCUT2D eigenvalue weighted by Crippen LogP contribution is -2.45. The van der Waals surface area contributed by atoms with Gasteiger partial charge in [-0.25, -0.2) is 0 Å². The molecular formula is C16H30N2O. The zero-order valence-corrected chi connectivity index (χ0v) is 12.7. The molecule has 1 atom stereocenters. The van der Waals surface area contributed by atoms with Crippen molar-refractivity contribution in [2.24, 2.45) is 11.8 Å². The minimum atomic E-state index is 0.315. The second-order valence-electron chi connectivity index (χ2n) is 6.30. The van der Waals surface area contributed by atoms with Crippen molar-refractivity contribution in [1.29, 1.82) is 0 Å². The lowest BCUT2D eigenvalue weighted by atomic mass is 9.80. The van der Waals surface area contributed by atoms with Crippen LogP contribution in [0.1, 0.15) is 58.8 Å². The summed E-state index contributed by atoms with van der Waals surface area (Å²) in [5, 5.41) is 3.39. The summed E-state index contributed by atoms with van der Waals surface area (Å²) in [7, 11) is 0. The summed E-state index contributed by atoms with van der Waals surface area (Å²) in [4.78, 5) is 15.0. The summed E-state index contributed by atoms with van der Waals surface area (Å²) in [6.45, 7) is 7.46. The lowest BCUT2D eigenvalue weighted by molar-refractivity contribution is -0.139. The monoisotopic (exact) mass is 266 g/mol. The fourth-order valence-electron chi connectivity index (χ4n) is 3.67. The maximum absolute atomic E-state index is 12.8. The molecule has 2 fully saturated rings. The fourth-order valence-corrected chi connectivity index (χ4v) is 3.67. The number of carbonyl (C=O) groups is 1. The van der Waals surface area contributed by atoms with Crippen molar-refractivity contribution in [3.63, 3.8) is 0 Å². The third kappa shape index (κ3) is 3.71. The molecule has 19 heavy (non-hydrogen) atoms. The molecule has 2 rings (SSSR count). The molecule has 1 aliphatic carbocycles. The van der Waals surface area contributed by atoms with E-state index in [1.807, 2.05) is 0 Å². The van der Waals surface area contributed by atoms with Crippen molar-refractivity contribution in [2.75, 3.05) is 19.6 Å². The van der Waals surface area contributed by atoms with Gasteiger partial charge in [-0.1, -0.05) is 20.3 Å². The number of rotatable bonds is 5. The number of carbonyl (C=O) groups excluding carboxylic acids is 1. The molecule has 1 amide bonds. The summed E-state index contributed by atoms with van der Waals surface area (Å²) in [5.41, 5.74) is 0. The van der Waals surface area contributed by atoms with E-state index in [1.54, 1.807) is 0 Å². The highest BCUT2D eigenvalue weighted by molar-refractivity contribution is 5.79. The SMILES string of the molecule is CCCN(C(=O)C1CCC(CC)CC1)C1CCNC1. The zero-order chi connectivity index (χ0) is 13.7. The van der Waals surface area contributed by atoms with E-state index >= 15 is 0 Å². The van der Waals surface area contributed by atoms with Crippen LogP contribution in [0.3, 0.4) is 0 Å². The smallest absolute Gasteiger partial charge is 0.225 e. The van der Waals surface area contributed by atoms with Gasteiger partial charge >= 0.3 is 0 Å². The average Bonchev–Trinajstić information content (AvgIpc) is 2.98. The maximum Gasteiger partial charge on any atom is 0.225 e. The van der Waals surface area contributed by atoms with Gasteiger partial charge in [-0.3, -0.25) is 4.79 Å². The molecule has 1 heterocycles. The highest BCUT2D eigenvalue weighted by Crippen LogP contribution is 2.32. The third-order valence-electron chi connectivity index (χ3n) is 5.00. The van der Waals surface area contributed by atoms with Gasteiger partial charge in [-0.05, 0) is 51.0 Å². The Labute approximate surface area is 118 Å². The Kier molecular flexibility index (Phi) is 5.68. The molecule has 0 aromatic heterocycles. The molecule has 1 unspecified atom stereocenters. The normalized spacial score (nSPS) is 31.4. The van der Waals surface area contributed by atoms with Crippen molar-refractivity contribution < 1.29 is 4.79 Å². The first kappa shape index (κ1) is 14.8. The van der Waals surface area contributed by atoms with Gasteiger partial charge in [0.1, 0.15) is 0 Å². The van der Waals surface area contributed by atoms with E-state index in [9.17, 15) is 4.79 Å². The van der Waals surface area contributed by atoms with Gasteiger partial charge in [0.2, 0.25) is 5.91 Å². The van der Waals surface area contributed by atoms with Crippen LogP contribution in [-0.4, -0.2) is 36.5 Å². The van der Waals surface area contributed by atoms with Gasteiger partial charge in [0.25, 0.3) is 0 Å². The quantitative estimate of drug-likeness (QED) is 0.830. The van der Waals surface area contributed by atoms with Crippen LogP contribution < -0.4 is 5.32 Å². The molecule has 0 aromatic rings. The fraction of sp³-hybridized carbons (Fsp3) is 0.938. The summed E-state index contributed by atoms with van der Waals surface area (Å²) < 4.78 is 0. The molecule has 1 saturated carbocycles. The van der Waals surface area contributed by atoms with Crippen LogP contribution in [0.2, 0.25) is 0 Å².